The lowest BCUT2D eigenvalue weighted by molar-refractivity contribution is -0.255. The van der Waals surface area contributed by atoms with Crippen molar-refractivity contribution < 1.29 is 33.7 Å². The lowest BCUT2D eigenvalue weighted by Gasteiger charge is -2.50. The number of hydrogen-bond donors (Lipinski definition) is 3. The quantitative estimate of drug-likeness (QED) is 0.302. The van der Waals surface area contributed by atoms with E-state index in [1.54, 1.807) is 6.07 Å². The van der Waals surface area contributed by atoms with Crippen LogP contribution in [0.2, 0.25) is 0 Å². The molecule has 0 bridgehead atoms. The van der Waals surface area contributed by atoms with E-state index in [-0.39, 0.29) is 36.3 Å². The molecule has 0 radical (unpaired) electrons. The molecule has 3 N–H and O–H groups in total. The smallest absolute Gasteiger partial charge is 0.303 e. The standard InChI is InChI=1S/C37H51N3O7/c1-23(45-24(2)42)34(43)38-29-11-8-10-28(19-29)36-46-30(20-33(47-36)27-15-13-25(22-41)14-16-27)21-40-31-12-7-6-9-26(31)17-18-32(40)35(44)39-37(3,4)5/h8,10-11,13-16,19,23,26,30-33,36,41H,6-7,9,12,17-18,20-22H2,1-5H3,(H,38,43)(H,39,44)/t23-,26+,30+,31+,32+,33-,36-/m0/s1. The Bertz CT molecular complexity index is 1390. The Morgan fingerprint density at radius 1 is 1.00 bits per heavy atom. The Morgan fingerprint density at radius 2 is 1.74 bits per heavy atom. The minimum atomic E-state index is -0.939. The number of aliphatic hydroxyl groups is 1. The Morgan fingerprint density at radius 3 is 2.45 bits per heavy atom. The molecule has 1 aliphatic carbocycles. The van der Waals surface area contributed by atoms with Gasteiger partial charge in [-0.15, -0.1) is 0 Å². The summed E-state index contributed by atoms with van der Waals surface area (Å²) in [6, 6.07) is 15.2. The van der Waals surface area contributed by atoms with Crippen molar-refractivity contribution in [2.75, 3.05) is 11.9 Å². The van der Waals surface area contributed by atoms with Crippen molar-refractivity contribution in [1.29, 1.82) is 0 Å². The lowest BCUT2D eigenvalue weighted by Crippen LogP contribution is -2.61. The number of carbonyl (C=O) groups excluding carboxylic acids is 3. The normalized spacial score (nSPS) is 27.3. The van der Waals surface area contributed by atoms with E-state index >= 15 is 0 Å². The number of carbonyl (C=O) groups is 3. The first-order valence-electron chi connectivity index (χ1n) is 17.1. The van der Waals surface area contributed by atoms with E-state index in [2.05, 4.69) is 15.5 Å². The van der Waals surface area contributed by atoms with Gasteiger partial charge in [0.25, 0.3) is 5.91 Å². The van der Waals surface area contributed by atoms with E-state index in [4.69, 9.17) is 14.2 Å². The number of esters is 1. The van der Waals surface area contributed by atoms with Crippen LogP contribution in [0.1, 0.15) is 109 Å². The molecule has 2 heterocycles. The van der Waals surface area contributed by atoms with Crippen LogP contribution in [0.25, 0.3) is 0 Å². The Kier molecular flexibility index (Phi) is 11.4. The second-order valence-corrected chi connectivity index (χ2v) is 14.4. The number of piperidine rings is 1. The van der Waals surface area contributed by atoms with E-state index in [1.807, 2.05) is 63.2 Å². The Hall–Kier alpha value is -3.31. The van der Waals surface area contributed by atoms with Gasteiger partial charge in [0, 0.05) is 42.7 Å². The van der Waals surface area contributed by atoms with Crippen LogP contribution in [-0.4, -0.2) is 64.2 Å². The molecule has 5 rings (SSSR count). The molecule has 3 fully saturated rings. The first-order valence-corrected chi connectivity index (χ1v) is 17.1. The molecule has 3 aliphatic rings. The minimum absolute atomic E-state index is 0.0374. The molecule has 2 aromatic carbocycles. The number of likely N-dealkylation sites (tertiary alicyclic amines) is 1. The molecule has 10 nitrogen and oxygen atoms in total. The van der Waals surface area contributed by atoms with Crippen molar-refractivity contribution >= 4 is 23.5 Å². The number of ether oxygens (including phenoxy) is 3. The molecule has 0 unspecified atom stereocenters. The summed E-state index contributed by atoms with van der Waals surface area (Å²) in [5, 5.41) is 15.7. The van der Waals surface area contributed by atoms with Gasteiger partial charge in [0.15, 0.2) is 12.4 Å². The van der Waals surface area contributed by atoms with Gasteiger partial charge in [-0.05, 0) is 82.6 Å². The van der Waals surface area contributed by atoms with Crippen LogP contribution in [0.3, 0.4) is 0 Å². The molecule has 256 valence electrons. The monoisotopic (exact) mass is 649 g/mol. The Balaban J connectivity index is 1.41. The summed E-state index contributed by atoms with van der Waals surface area (Å²) in [4.78, 5) is 40.2. The molecule has 0 spiro atoms. The minimum Gasteiger partial charge on any atom is -0.453 e. The van der Waals surface area contributed by atoms with Crippen molar-refractivity contribution in [2.24, 2.45) is 5.92 Å². The zero-order valence-corrected chi connectivity index (χ0v) is 28.4. The number of rotatable bonds is 9. The van der Waals surface area contributed by atoms with Crippen LogP contribution < -0.4 is 10.6 Å². The van der Waals surface area contributed by atoms with Gasteiger partial charge in [0.05, 0.1) is 24.9 Å². The van der Waals surface area contributed by atoms with Crippen LogP contribution in [0, 0.1) is 5.92 Å². The third kappa shape index (κ3) is 9.19. The van der Waals surface area contributed by atoms with Crippen molar-refractivity contribution in [3.05, 3.63) is 65.2 Å². The maximum absolute atomic E-state index is 13.7. The van der Waals surface area contributed by atoms with Gasteiger partial charge < -0.3 is 30.0 Å². The number of aliphatic hydroxyl groups excluding tert-OH is 1. The zero-order chi connectivity index (χ0) is 33.7. The molecule has 2 amide bonds. The first kappa shape index (κ1) is 35.0. The van der Waals surface area contributed by atoms with Gasteiger partial charge in [-0.25, -0.2) is 0 Å². The van der Waals surface area contributed by atoms with Crippen LogP contribution >= 0.6 is 0 Å². The summed E-state index contributed by atoms with van der Waals surface area (Å²) in [6.45, 7) is 9.42. The maximum Gasteiger partial charge on any atom is 0.303 e. The molecule has 2 saturated heterocycles. The van der Waals surface area contributed by atoms with Crippen molar-refractivity contribution in [1.82, 2.24) is 10.2 Å². The summed E-state index contributed by atoms with van der Waals surface area (Å²) < 4.78 is 18.4. The first-order chi connectivity index (χ1) is 22.4. The van der Waals surface area contributed by atoms with E-state index in [0.29, 0.717) is 30.6 Å². The van der Waals surface area contributed by atoms with E-state index < -0.39 is 24.3 Å². The van der Waals surface area contributed by atoms with Gasteiger partial charge in [0.2, 0.25) is 5.91 Å². The highest BCUT2D eigenvalue weighted by Crippen LogP contribution is 2.42. The molecule has 47 heavy (non-hydrogen) atoms. The molecule has 10 heteroatoms. The van der Waals surface area contributed by atoms with Crippen molar-refractivity contribution in [3.63, 3.8) is 0 Å². The average molecular weight is 650 g/mol. The third-order valence-electron chi connectivity index (χ3n) is 9.47. The van der Waals surface area contributed by atoms with Crippen molar-refractivity contribution in [3.8, 4) is 0 Å². The number of fused-ring (bicyclic) bond motifs is 1. The number of benzene rings is 2. The molecule has 2 aromatic rings. The van der Waals surface area contributed by atoms with Crippen molar-refractivity contribution in [2.45, 2.75) is 128 Å². The lowest BCUT2D eigenvalue weighted by atomic mass is 9.75. The SMILES string of the molecule is CC(=O)O[C@@H](C)C(=O)Nc1cccc([C@H]2O[C@@H](CN3[C@@H](C(=O)NC(C)(C)C)CC[C@H]4CCCC[C@H]43)C[C@@H](c3ccc(CO)cc3)O2)c1. The highest BCUT2D eigenvalue weighted by molar-refractivity contribution is 5.95. The molecular formula is C37H51N3O7. The van der Waals surface area contributed by atoms with Crippen LogP contribution in [0.15, 0.2) is 48.5 Å². The fourth-order valence-corrected chi connectivity index (χ4v) is 7.31. The van der Waals surface area contributed by atoms with Gasteiger partial charge >= 0.3 is 5.97 Å². The summed E-state index contributed by atoms with van der Waals surface area (Å²) in [5.74, 6) is -0.308. The average Bonchev–Trinajstić information content (AvgIpc) is 3.03. The predicted molar refractivity (Wildman–Crippen MR) is 178 cm³/mol. The van der Waals surface area contributed by atoms with E-state index in [9.17, 15) is 19.5 Å². The number of nitrogens with one attached hydrogen (secondary N) is 2. The van der Waals surface area contributed by atoms with Crippen LogP contribution in [0.5, 0.6) is 0 Å². The third-order valence-corrected chi connectivity index (χ3v) is 9.47. The molecular weight excluding hydrogens is 598 g/mol. The number of amides is 2. The number of nitrogens with zero attached hydrogens (tertiary/aromatic N) is 1. The van der Waals surface area contributed by atoms with E-state index in [1.165, 1.54) is 26.7 Å². The summed E-state index contributed by atoms with van der Waals surface area (Å²) >= 11 is 0. The predicted octanol–water partition coefficient (Wildman–Crippen LogP) is 5.55. The highest BCUT2D eigenvalue weighted by Gasteiger charge is 2.44. The second-order valence-electron chi connectivity index (χ2n) is 14.4. The molecule has 7 atom stereocenters. The summed E-state index contributed by atoms with van der Waals surface area (Å²) in [6.07, 6.45) is 4.98. The fourth-order valence-electron chi connectivity index (χ4n) is 7.31. The van der Waals surface area contributed by atoms with E-state index in [0.717, 1.165) is 42.4 Å². The van der Waals surface area contributed by atoms with Crippen LogP contribution in [-0.2, 0) is 35.2 Å². The van der Waals surface area contributed by atoms with Crippen LogP contribution in [0.4, 0.5) is 5.69 Å². The molecule has 1 saturated carbocycles. The number of anilines is 1. The number of hydrogen-bond acceptors (Lipinski definition) is 8. The fraction of sp³-hybridized carbons (Fsp3) is 0.595. The molecule has 2 aliphatic heterocycles. The maximum atomic E-state index is 13.7. The van der Waals surface area contributed by atoms with Gasteiger partial charge in [0.1, 0.15) is 0 Å². The largest absolute Gasteiger partial charge is 0.453 e. The summed E-state index contributed by atoms with van der Waals surface area (Å²) in [5.41, 5.74) is 2.75. The Labute approximate surface area is 278 Å². The molecule has 0 aromatic heterocycles. The zero-order valence-electron chi connectivity index (χ0n) is 28.4. The highest BCUT2D eigenvalue weighted by atomic mass is 16.7. The van der Waals surface area contributed by atoms with Gasteiger partial charge in [-0.1, -0.05) is 49.2 Å². The van der Waals surface area contributed by atoms with Gasteiger partial charge in [-0.3, -0.25) is 19.3 Å². The second kappa shape index (κ2) is 15.3. The topological polar surface area (TPSA) is 126 Å². The van der Waals surface area contributed by atoms with Gasteiger partial charge in [-0.2, -0.15) is 0 Å². The summed E-state index contributed by atoms with van der Waals surface area (Å²) in [7, 11) is 0.